The summed E-state index contributed by atoms with van der Waals surface area (Å²) in [5.41, 5.74) is 9.38. The molecule has 1 aliphatic carbocycles. The molecule has 1 atom stereocenters. The number of allylic oxidation sites excluding steroid dienone is 6. The first-order chi connectivity index (χ1) is 31.8. The molecule has 2 heterocycles. The number of carbonyl (C=O) groups excluding carboxylic acids is 1. The maximum absolute atomic E-state index is 12.9. The van der Waals surface area contributed by atoms with Gasteiger partial charge in [-0.15, -0.1) is 0 Å². The van der Waals surface area contributed by atoms with E-state index in [1.165, 1.54) is 103 Å². The first-order valence-corrected chi connectivity index (χ1v) is 24.1. The van der Waals surface area contributed by atoms with Gasteiger partial charge in [0.15, 0.2) is 10.1 Å². The van der Waals surface area contributed by atoms with Crippen LogP contribution in [-0.2, 0) is 26.2 Å². The molecule has 2 aliphatic rings. The number of alkyl halides is 5. The van der Waals surface area contributed by atoms with Crippen LogP contribution in [0.25, 0.3) is 44.1 Å². The normalized spacial score (nSPS) is 16.2. The second-order valence-electron chi connectivity index (χ2n) is 18.0. The molecule has 1 aromatic heterocycles. The van der Waals surface area contributed by atoms with Crippen LogP contribution in [0.2, 0.25) is 0 Å². The standard InChI is InChI=1S/C46H45N2.C8H11F5O5S/c1-3-5-31-47-40(38-23-11-19-34-21-13-25-42(47)45(34)38)29-27-36-17-10-18-37(44(36)33-15-8-7-9-16-33)28-30-41-39-24-12-20-35-22-14-26-43(46(35)39)48(41)32-6-4-2;1-6(2,3)5(14)18-4(7(9,10)11)8(12,13)19(15,16)17/h7-9,11-16,19-30H,3-6,10,17-18,31-32H2,1-2H3;4H,1-3H3,(H,15,16,17)/q+1;/p-1. The minimum absolute atomic E-state index is 1.04. The summed E-state index contributed by atoms with van der Waals surface area (Å²) < 4.78 is 102. The van der Waals surface area contributed by atoms with Crippen LogP contribution in [-0.4, -0.2) is 57.9 Å². The molecule has 0 saturated carbocycles. The topological polar surface area (TPSA) is 91.4 Å². The Kier molecular flexibility index (Phi) is 14.4. The molecule has 352 valence electrons. The van der Waals surface area contributed by atoms with Gasteiger partial charge in [-0.1, -0.05) is 124 Å². The van der Waals surface area contributed by atoms with Crippen molar-refractivity contribution in [2.24, 2.45) is 5.41 Å². The van der Waals surface area contributed by atoms with E-state index in [9.17, 15) is 39.7 Å². The number of rotatable bonds is 13. The van der Waals surface area contributed by atoms with Gasteiger partial charge < -0.3 is 13.9 Å². The monoisotopic (exact) mass is 938 g/mol. The van der Waals surface area contributed by atoms with E-state index in [-0.39, 0.29) is 0 Å². The average Bonchev–Trinajstić information content (AvgIpc) is 3.76. The summed E-state index contributed by atoms with van der Waals surface area (Å²) in [6, 6.07) is 38.2. The van der Waals surface area contributed by atoms with Gasteiger partial charge in [0.2, 0.25) is 11.4 Å². The molecule has 1 unspecified atom stereocenters. The summed E-state index contributed by atoms with van der Waals surface area (Å²) in [5, 5.41) is 2.31. The number of halogens is 5. The fraction of sp³-hybridized carbons (Fsp3) is 0.333. The van der Waals surface area contributed by atoms with Crippen molar-refractivity contribution in [2.45, 2.75) is 104 Å². The molecule has 67 heavy (non-hydrogen) atoms. The second-order valence-corrected chi connectivity index (χ2v) is 19.5. The van der Waals surface area contributed by atoms with E-state index in [0.29, 0.717) is 0 Å². The van der Waals surface area contributed by atoms with E-state index >= 15 is 0 Å². The van der Waals surface area contributed by atoms with Crippen LogP contribution < -0.4 is 5.35 Å². The van der Waals surface area contributed by atoms with Gasteiger partial charge in [-0.3, -0.25) is 4.79 Å². The molecule has 6 aromatic rings. The van der Waals surface area contributed by atoms with E-state index in [4.69, 9.17) is 0 Å². The van der Waals surface area contributed by atoms with E-state index < -0.39 is 39.0 Å². The van der Waals surface area contributed by atoms with Crippen molar-refractivity contribution in [2.75, 3.05) is 6.54 Å². The SMILES string of the molecule is CC(C)(C)C(=O)OC(C(F)(F)F)C(F)(F)S(=O)(=O)[O-].CCCCn1/c(=C\C=C2\CCCC(/C=C/C3=[N+](CCCC)c4cccc5cccc3c45)=C2c2ccccc2)c2cccc3cccc1c32. The molecular formula is C54H55F5N2O5S. The summed E-state index contributed by atoms with van der Waals surface area (Å²) in [7, 11) is -6.66. The van der Waals surface area contributed by atoms with Crippen molar-refractivity contribution >= 4 is 71.6 Å². The van der Waals surface area contributed by atoms with Gasteiger partial charge in [0, 0.05) is 46.7 Å². The lowest BCUT2D eigenvalue weighted by atomic mass is 9.82. The number of nitrogens with zero attached hydrogens (tertiary/aromatic N) is 2. The van der Waals surface area contributed by atoms with Crippen molar-refractivity contribution in [1.82, 2.24) is 4.57 Å². The molecule has 0 amide bonds. The number of benzene rings is 5. The van der Waals surface area contributed by atoms with E-state index in [2.05, 4.69) is 155 Å². The summed E-state index contributed by atoms with van der Waals surface area (Å²) in [4.78, 5) is 11.1. The highest BCUT2D eigenvalue weighted by Crippen LogP contribution is 2.41. The van der Waals surface area contributed by atoms with Crippen molar-refractivity contribution in [1.29, 1.82) is 0 Å². The van der Waals surface area contributed by atoms with Crippen LogP contribution in [0.1, 0.15) is 90.7 Å². The fourth-order valence-corrected chi connectivity index (χ4v) is 9.32. The molecule has 8 rings (SSSR count). The smallest absolute Gasteiger partial charge is 0.432 e. The lowest BCUT2D eigenvalue weighted by Crippen LogP contribution is -2.53. The number of ether oxygens (including phenoxy) is 1. The minimum atomic E-state index is -6.66. The number of aromatic nitrogens is 1. The maximum Gasteiger partial charge on any atom is 0.432 e. The number of aryl methyl sites for hydroxylation is 1. The van der Waals surface area contributed by atoms with E-state index in [0.717, 1.165) is 53.1 Å². The summed E-state index contributed by atoms with van der Waals surface area (Å²) in [5.74, 6) is -1.72. The summed E-state index contributed by atoms with van der Waals surface area (Å²) in [6.07, 6.45) is 7.51. The Morgan fingerprint density at radius 1 is 0.791 bits per heavy atom. The molecule has 0 fully saturated rings. The number of carbonyl (C=O) groups is 1. The quantitative estimate of drug-likeness (QED) is 0.0498. The number of hydrogen-bond acceptors (Lipinski definition) is 5. The molecule has 1 aliphatic heterocycles. The summed E-state index contributed by atoms with van der Waals surface area (Å²) in [6.45, 7) is 9.84. The number of esters is 1. The second kappa shape index (κ2) is 19.7. The Bertz CT molecular complexity index is 3090. The lowest BCUT2D eigenvalue weighted by Gasteiger charge is -2.31. The molecule has 13 heteroatoms. The minimum Gasteiger partial charge on any atom is -0.743 e. The van der Waals surface area contributed by atoms with Crippen LogP contribution in [0.3, 0.4) is 0 Å². The van der Waals surface area contributed by atoms with Gasteiger partial charge in [0.25, 0.3) is 6.10 Å². The molecule has 0 N–H and O–H groups in total. The van der Waals surface area contributed by atoms with Gasteiger partial charge in [0.1, 0.15) is 6.54 Å². The molecule has 0 bridgehead atoms. The van der Waals surface area contributed by atoms with Crippen molar-refractivity contribution in [3.8, 4) is 0 Å². The molecule has 0 radical (unpaired) electrons. The van der Waals surface area contributed by atoms with Crippen molar-refractivity contribution < 1.29 is 49.0 Å². The Balaban J connectivity index is 0.000000298. The first-order valence-electron chi connectivity index (χ1n) is 22.7. The molecular weight excluding hydrogens is 884 g/mol. The van der Waals surface area contributed by atoms with Crippen molar-refractivity contribution in [3.63, 3.8) is 0 Å². The number of hydrogen-bond donors (Lipinski definition) is 0. The third kappa shape index (κ3) is 10.2. The zero-order valence-corrected chi connectivity index (χ0v) is 39.1. The third-order valence-electron chi connectivity index (χ3n) is 12.2. The third-order valence-corrected chi connectivity index (χ3v) is 13.1. The molecule has 7 nitrogen and oxygen atoms in total. The average molecular weight is 939 g/mol. The molecule has 5 aromatic carbocycles. The van der Waals surface area contributed by atoms with Crippen LogP contribution >= 0.6 is 0 Å². The first kappa shape index (κ1) is 49.0. The summed E-state index contributed by atoms with van der Waals surface area (Å²) >= 11 is 0. The predicted octanol–water partition coefficient (Wildman–Crippen LogP) is 13.0. The van der Waals surface area contributed by atoms with Gasteiger partial charge in [-0.2, -0.15) is 26.5 Å². The highest BCUT2D eigenvalue weighted by Gasteiger charge is 2.63. The van der Waals surface area contributed by atoms with E-state index in [1.807, 2.05) is 0 Å². The fourth-order valence-electron chi connectivity index (χ4n) is 8.88. The van der Waals surface area contributed by atoms with Gasteiger partial charge in [-0.25, -0.2) is 8.42 Å². The van der Waals surface area contributed by atoms with Gasteiger partial charge in [0.05, 0.1) is 16.4 Å². The molecule has 0 saturated heterocycles. The molecule has 0 spiro atoms. The van der Waals surface area contributed by atoms with Gasteiger partial charge >= 0.3 is 17.4 Å². The van der Waals surface area contributed by atoms with Crippen LogP contribution in [0, 0.1) is 5.41 Å². The highest BCUT2D eigenvalue weighted by atomic mass is 32.2. The zero-order valence-electron chi connectivity index (χ0n) is 38.3. The number of unbranched alkanes of at least 4 members (excludes halogenated alkanes) is 2. The van der Waals surface area contributed by atoms with E-state index in [1.54, 1.807) is 0 Å². The predicted molar refractivity (Wildman–Crippen MR) is 256 cm³/mol. The van der Waals surface area contributed by atoms with Crippen LogP contribution in [0.4, 0.5) is 27.6 Å². The van der Waals surface area contributed by atoms with Gasteiger partial charge in [-0.05, 0) is 97.7 Å². The van der Waals surface area contributed by atoms with Crippen LogP contribution in [0.5, 0.6) is 0 Å². The Morgan fingerprint density at radius 2 is 1.43 bits per heavy atom. The lowest BCUT2D eigenvalue weighted by molar-refractivity contribution is -0.436. The highest BCUT2D eigenvalue weighted by molar-refractivity contribution is 7.86. The van der Waals surface area contributed by atoms with Crippen LogP contribution in [0.15, 0.2) is 133 Å². The Morgan fingerprint density at radius 3 is 2.07 bits per heavy atom. The zero-order chi connectivity index (χ0) is 48.3. The Hall–Kier alpha value is -5.92. The van der Waals surface area contributed by atoms with Crippen molar-refractivity contribution in [3.05, 3.63) is 149 Å². The maximum atomic E-state index is 12.9. The largest absolute Gasteiger partial charge is 0.743 e. The Labute approximate surface area is 388 Å².